The summed E-state index contributed by atoms with van der Waals surface area (Å²) in [5.74, 6) is -2.75. The van der Waals surface area contributed by atoms with Gasteiger partial charge in [-0.1, -0.05) is 30.3 Å². The summed E-state index contributed by atoms with van der Waals surface area (Å²) in [6.07, 6.45) is 2.55. The third-order valence-electron chi connectivity index (χ3n) is 4.86. The van der Waals surface area contributed by atoms with E-state index in [1.165, 1.54) is 18.0 Å². The van der Waals surface area contributed by atoms with Gasteiger partial charge in [0.25, 0.3) is 17.6 Å². The van der Waals surface area contributed by atoms with Crippen molar-refractivity contribution in [1.29, 1.82) is 0 Å². The van der Waals surface area contributed by atoms with Crippen LogP contribution in [0, 0.1) is 0 Å². The lowest BCUT2D eigenvalue weighted by molar-refractivity contribution is -0.114. The van der Waals surface area contributed by atoms with Crippen molar-refractivity contribution >= 4 is 28.6 Å². The van der Waals surface area contributed by atoms with E-state index in [0.29, 0.717) is 13.1 Å². The van der Waals surface area contributed by atoms with Crippen molar-refractivity contribution in [2.75, 3.05) is 26.2 Å². The first-order valence-corrected chi connectivity index (χ1v) is 9.17. The van der Waals surface area contributed by atoms with E-state index in [2.05, 4.69) is 27.0 Å². The number of benzene rings is 1. The second kappa shape index (κ2) is 7.80. The van der Waals surface area contributed by atoms with Gasteiger partial charge in [-0.3, -0.25) is 19.3 Å². The second-order valence-corrected chi connectivity index (χ2v) is 6.80. The van der Waals surface area contributed by atoms with Gasteiger partial charge in [-0.05, 0) is 5.56 Å². The molecule has 0 aliphatic carbocycles. The second-order valence-electron chi connectivity index (χ2n) is 6.80. The molecule has 3 heterocycles. The van der Waals surface area contributed by atoms with Crippen molar-refractivity contribution in [2.24, 2.45) is 5.73 Å². The summed E-state index contributed by atoms with van der Waals surface area (Å²) in [5, 5.41) is 0. The van der Waals surface area contributed by atoms with Crippen LogP contribution in [0.4, 0.5) is 0 Å². The molecule has 4 rings (SSSR count). The standard InChI is InChI=1S/C20H19N5O4/c21-19(27)17(26)18-16-15(12-29-18)22-10-14(23-16)20(28)25-8-6-24(7-9-25)11-13-4-2-1-3-5-13/h1-5,10,12H,6-9,11H2,(H2,21,27). The van der Waals surface area contributed by atoms with Gasteiger partial charge in [-0.2, -0.15) is 0 Å². The average molecular weight is 393 g/mol. The van der Waals surface area contributed by atoms with Gasteiger partial charge in [0.05, 0.1) is 6.20 Å². The fourth-order valence-corrected chi connectivity index (χ4v) is 3.31. The molecule has 148 valence electrons. The monoisotopic (exact) mass is 393 g/mol. The lowest BCUT2D eigenvalue weighted by atomic mass is 10.2. The Balaban J connectivity index is 1.46. The van der Waals surface area contributed by atoms with E-state index in [1.807, 2.05) is 18.2 Å². The van der Waals surface area contributed by atoms with Crippen LogP contribution in [0.15, 0.2) is 47.2 Å². The summed E-state index contributed by atoms with van der Waals surface area (Å²) in [6.45, 7) is 3.44. The van der Waals surface area contributed by atoms with Crippen molar-refractivity contribution in [3.8, 4) is 0 Å². The van der Waals surface area contributed by atoms with E-state index >= 15 is 0 Å². The molecule has 0 saturated carbocycles. The number of carbonyl (C=O) groups is 3. The number of hydrogen-bond acceptors (Lipinski definition) is 7. The fourth-order valence-electron chi connectivity index (χ4n) is 3.31. The highest BCUT2D eigenvalue weighted by Gasteiger charge is 2.26. The summed E-state index contributed by atoms with van der Waals surface area (Å²) in [6, 6.07) is 10.2. The van der Waals surface area contributed by atoms with Gasteiger partial charge >= 0.3 is 0 Å². The Kier molecular flexibility index (Phi) is 5.05. The van der Waals surface area contributed by atoms with Gasteiger partial charge in [0, 0.05) is 32.7 Å². The molecule has 1 aliphatic rings. The molecule has 9 heteroatoms. The topological polar surface area (TPSA) is 123 Å². The van der Waals surface area contributed by atoms with Gasteiger partial charge in [0.2, 0.25) is 5.76 Å². The number of nitrogens with zero attached hydrogens (tertiary/aromatic N) is 4. The Hall–Kier alpha value is -3.59. The molecule has 2 amide bonds. The van der Waals surface area contributed by atoms with Gasteiger partial charge in [-0.25, -0.2) is 9.97 Å². The maximum Gasteiger partial charge on any atom is 0.293 e. The molecule has 1 aliphatic heterocycles. The molecule has 2 N–H and O–H groups in total. The number of nitrogens with two attached hydrogens (primary N) is 1. The number of ketones is 1. The van der Waals surface area contributed by atoms with E-state index in [0.717, 1.165) is 19.6 Å². The minimum absolute atomic E-state index is 0.0577. The summed E-state index contributed by atoms with van der Waals surface area (Å²) in [5.41, 5.74) is 6.68. The Labute approximate surface area is 166 Å². The van der Waals surface area contributed by atoms with Gasteiger partial charge in [-0.15, -0.1) is 0 Å². The number of rotatable bonds is 5. The van der Waals surface area contributed by atoms with Crippen molar-refractivity contribution in [3.05, 3.63) is 59.8 Å². The lowest BCUT2D eigenvalue weighted by Gasteiger charge is -2.34. The van der Waals surface area contributed by atoms with E-state index in [1.54, 1.807) is 4.90 Å². The number of hydrogen-bond donors (Lipinski definition) is 1. The summed E-state index contributed by atoms with van der Waals surface area (Å²) >= 11 is 0. The number of aromatic nitrogens is 2. The Morgan fingerprint density at radius 3 is 2.48 bits per heavy atom. The molecule has 1 saturated heterocycles. The molecule has 0 bridgehead atoms. The first-order valence-electron chi connectivity index (χ1n) is 9.17. The van der Waals surface area contributed by atoms with Crippen LogP contribution in [-0.2, 0) is 11.3 Å². The predicted octanol–water partition coefficient (Wildman–Crippen LogP) is 0.849. The maximum atomic E-state index is 12.8. The highest BCUT2D eigenvalue weighted by molar-refractivity contribution is 6.43. The van der Waals surface area contributed by atoms with E-state index < -0.39 is 11.7 Å². The molecule has 1 fully saturated rings. The minimum Gasteiger partial charge on any atom is -0.456 e. The lowest BCUT2D eigenvalue weighted by Crippen LogP contribution is -2.48. The SMILES string of the molecule is NC(=O)C(=O)c1occ2ncc(C(=O)N3CCN(Cc4ccccc4)CC3)nc12. The van der Waals surface area contributed by atoms with Crippen molar-refractivity contribution < 1.29 is 18.8 Å². The highest BCUT2D eigenvalue weighted by Crippen LogP contribution is 2.19. The van der Waals surface area contributed by atoms with E-state index in [4.69, 9.17) is 10.2 Å². The number of carbonyl (C=O) groups excluding carboxylic acids is 3. The highest BCUT2D eigenvalue weighted by atomic mass is 16.3. The molecule has 1 aromatic carbocycles. The van der Waals surface area contributed by atoms with Crippen molar-refractivity contribution in [2.45, 2.75) is 6.54 Å². The number of furan rings is 1. The third-order valence-corrected chi connectivity index (χ3v) is 4.86. The smallest absolute Gasteiger partial charge is 0.293 e. The Morgan fingerprint density at radius 1 is 1.07 bits per heavy atom. The fraction of sp³-hybridized carbons (Fsp3) is 0.250. The molecule has 0 spiro atoms. The van der Waals surface area contributed by atoms with Crippen LogP contribution >= 0.6 is 0 Å². The van der Waals surface area contributed by atoms with Crippen LogP contribution in [0.1, 0.15) is 26.6 Å². The molecule has 0 atom stereocenters. The number of piperazine rings is 1. The predicted molar refractivity (Wildman–Crippen MR) is 103 cm³/mol. The van der Waals surface area contributed by atoms with Gasteiger partial charge in [0.1, 0.15) is 23.0 Å². The molecule has 3 aromatic rings. The first kappa shape index (κ1) is 18.8. The molecule has 9 nitrogen and oxygen atoms in total. The quantitative estimate of drug-likeness (QED) is 0.503. The van der Waals surface area contributed by atoms with Crippen LogP contribution in [0.25, 0.3) is 11.0 Å². The number of fused-ring (bicyclic) bond motifs is 1. The minimum atomic E-state index is -1.16. The van der Waals surface area contributed by atoms with E-state index in [-0.39, 0.29) is 28.4 Å². The zero-order valence-corrected chi connectivity index (χ0v) is 15.6. The summed E-state index contributed by atoms with van der Waals surface area (Å²) in [4.78, 5) is 48.2. The molecule has 0 radical (unpaired) electrons. The van der Waals surface area contributed by atoms with Gasteiger partial charge in [0.15, 0.2) is 0 Å². The van der Waals surface area contributed by atoms with Crippen LogP contribution in [0.2, 0.25) is 0 Å². The zero-order valence-electron chi connectivity index (χ0n) is 15.6. The molecular formula is C20H19N5O4. The van der Waals surface area contributed by atoms with Crippen LogP contribution in [0.3, 0.4) is 0 Å². The number of amides is 2. The van der Waals surface area contributed by atoms with Crippen molar-refractivity contribution in [3.63, 3.8) is 0 Å². The Bertz CT molecular complexity index is 1070. The van der Waals surface area contributed by atoms with Crippen LogP contribution in [0.5, 0.6) is 0 Å². The molecular weight excluding hydrogens is 374 g/mol. The van der Waals surface area contributed by atoms with Crippen LogP contribution in [-0.4, -0.2) is 63.5 Å². The van der Waals surface area contributed by atoms with Crippen LogP contribution < -0.4 is 5.73 Å². The summed E-state index contributed by atoms with van der Waals surface area (Å²) in [7, 11) is 0. The van der Waals surface area contributed by atoms with E-state index in [9.17, 15) is 14.4 Å². The largest absolute Gasteiger partial charge is 0.456 e. The number of primary amides is 1. The summed E-state index contributed by atoms with van der Waals surface area (Å²) < 4.78 is 5.08. The average Bonchev–Trinajstić information content (AvgIpc) is 3.17. The molecule has 2 aromatic heterocycles. The first-order chi connectivity index (χ1) is 14.0. The molecule has 29 heavy (non-hydrogen) atoms. The third kappa shape index (κ3) is 3.85. The number of Topliss-reactive ketones (excluding diaryl/α,β-unsaturated/α-hetero) is 1. The zero-order chi connectivity index (χ0) is 20.4. The van der Waals surface area contributed by atoms with Gasteiger partial charge < -0.3 is 15.1 Å². The normalized spacial score (nSPS) is 14.8. The maximum absolute atomic E-state index is 12.8. The van der Waals surface area contributed by atoms with Crippen molar-refractivity contribution in [1.82, 2.24) is 19.8 Å². The molecule has 0 unspecified atom stereocenters. The Morgan fingerprint density at radius 2 is 1.79 bits per heavy atom.